The average Bonchev–Trinajstić information content (AvgIpc) is 3.40. The molecule has 1 aromatic heterocycles. The highest BCUT2D eigenvalue weighted by atomic mass is 79.9. The molecule has 4 heterocycles. The zero-order valence-corrected chi connectivity index (χ0v) is 18.1. The first-order chi connectivity index (χ1) is 14.6. The van der Waals surface area contributed by atoms with Crippen LogP contribution in [0.3, 0.4) is 0 Å². The topological polar surface area (TPSA) is 94.5 Å². The minimum atomic E-state index is -0.473. The summed E-state index contributed by atoms with van der Waals surface area (Å²) in [6.45, 7) is 2.71. The number of ether oxygens (including phenoxy) is 1. The van der Waals surface area contributed by atoms with Crippen molar-refractivity contribution in [1.29, 1.82) is 5.41 Å². The number of morpholine rings is 1. The van der Waals surface area contributed by atoms with E-state index in [1.807, 2.05) is 30.3 Å². The van der Waals surface area contributed by atoms with Crippen molar-refractivity contribution in [1.82, 2.24) is 9.91 Å². The summed E-state index contributed by atoms with van der Waals surface area (Å²) in [5.74, 6) is 0.669. The maximum Gasteiger partial charge on any atom is 0.283 e. The first kappa shape index (κ1) is 19.3. The van der Waals surface area contributed by atoms with Crippen molar-refractivity contribution < 1.29 is 13.9 Å². The number of hydrogen-bond acceptors (Lipinski definition) is 7. The van der Waals surface area contributed by atoms with Crippen molar-refractivity contribution in [3.63, 3.8) is 0 Å². The van der Waals surface area contributed by atoms with Crippen molar-refractivity contribution >= 4 is 55.8 Å². The van der Waals surface area contributed by atoms with Gasteiger partial charge in [-0.05, 0) is 42.1 Å². The summed E-state index contributed by atoms with van der Waals surface area (Å²) in [7, 11) is 0. The predicted octanol–water partition coefficient (Wildman–Crippen LogP) is 3.62. The predicted molar refractivity (Wildman–Crippen MR) is 119 cm³/mol. The smallest absolute Gasteiger partial charge is 0.283 e. The Bertz CT molecular complexity index is 1120. The van der Waals surface area contributed by atoms with Crippen LogP contribution in [-0.4, -0.2) is 58.3 Å². The number of amidine groups is 3. The van der Waals surface area contributed by atoms with Crippen LogP contribution in [0.5, 0.6) is 0 Å². The molecular formula is C20H16BrN5O3S. The molecule has 0 radical (unpaired) electrons. The van der Waals surface area contributed by atoms with Gasteiger partial charge in [0.15, 0.2) is 11.0 Å². The Balaban J connectivity index is 1.40. The number of rotatable bonds is 2. The number of amides is 1. The fraction of sp³-hybridized carbons (Fsp3) is 0.200. The average molecular weight is 486 g/mol. The van der Waals surface area contributed by atoms with Gasteiger partial charge in [0.05, 0.1) is 18.8 Å². The fourth-order valence-electron chi connectivity index (χ4n) is 3.21. The third kappa shape index (κ3) is 3.62. The van der Waals surface area contributed by atoms with Gasteiger partial charge in [0.1, 0.15) is 11.5 Å². The van der Waals surface area contributed by atoms with Crippen molar-refractivity contribution in [2.24, 2.45) is 10.1 Å². The summed E-state index contributed by atoms with van der Waals surface area (Å²) in [5.41, 5.74) is 1.06. The van der Waals surface area contributed by atoms with Gasteiger partial charge >= 0.3 is 0 Å². The number of furan rings is 1. The van der Waals surface area contributed by atoms with Gasteiger partial charge in [0, 0.05) is 23.1 Å². The lowest BCUT2D eigenvalue weighted by atomic mass is 10.1. The van der Waals surface area contributed by atoms with E-state index in [9.17, 15) is 4.79 Å². The Hall–Kier alpha value is -2.69. The van der Waals surface area contributed by atoms with E-state index in [4.69, 9.17) is 14.6 Å². The van der Waals surface area contributed by atoms with Gasteiger partial charge in [0.25, 0.3) is 5.91 Å². The van der Waals surface area contributed by atoms with E-state index in [0.29, 0.717) is 29.9 Å². The van der Waals surface area contributed by atoms with E-state index in [0.717, 1.165) is 28.3 Å². The molecule has 30 heavy (non-hydrogen) atoms. The Labute approximate surface area is 184 Å². The number of fused-ring (bicyclic) bond motifs is 1. The van der Waals surface area contributed by atoms with Gasteiger partial charge in [0.2, 0.25) is 5.17 Å². The maximum atomic E-state index is 12.6. The molecule has 1 amide bonds. The molecule has 1 fully saturated rings. The number of nitrogens with zero attached hydrogens (tertiary/aromatic N) is 4. The maximum absolute atomic E-state index is 12.6. The summed E-state index contributed by atoms with van der Waals surface area (Å²) < 4.78 is 12.2. The second kappa shape index (κ2) is 7.86. The number of carbonyl (C=O) groups excluding carboxylic acids is 1. The first-order valence-corrected chi connectivity index (χ1v) is 10.9. The molecule has 0 bridgehead atoms. The highest BCUT2D eigenvalue weighted by Crippen LogP contribution is 2.31. The van der Waals surface area contributed by atoms with Crippen LogP contribution < -0.4 is 0 Å². The molecule has 0 unspecified atom stereocenters. The van der Waals surface area contributed by atoms with Gasteiger partial charge < -0.3 is 14.1 Å². The molecule has 0 spiro atoms. The molecule has 2 aromatic rings. The summed E-state index contributed by atoms with van der Waals surface area (Å²) >= 11 is 4.71. The Morgan fingerprint density at radius 3 is 2.63 bits per heavy atom. The van der Waals surface area contributed by atoms with Crippen molar-refractivity contribution in [3.05, 3.63) is 52.2 Å². The third-order valence-corrected chi connectivity index (χ3v) is 6.27. The molecule has 1 aromatic carbocycles. The number of carbonyl (C=O) groups is 1. The van der Waals surface area contributed by atoms with E-state index < -0.39 is 5.91 Å². The second-order valence-electron chi connectivity index (χ2n) is 6.71. The number of halogens is 1. The molecule has 8 nitrogen and oxygen atoms in total. The highest BCUT2D eigenvalue weighted by molar-refractivity contribution is 9.10. The van der Waals surface area contributed by atoms with Crippen LogP contribution in [0.4, 0.5) is 0 Å². The standard InChI is InChI=1S/C20H16BrN5O3S/c21-13-3-1-12(2-4-13)16-6-5-14(29-16)11-15-17(22)26-19(23-18(15)27)30-20(24-26)25-7-9-28-10-8-25/h1-6,11,22H,7-10H2/b15-11+,22-17?. The van der Waals surface area contributed by atoms with Crippen molar-refractivity contribution in [2.75, 3.05) is 26.3 Å². The monoisotopic (exact) mass is 485 g/mol. The summed E-state index contributed by atoms with van der Waals surface area (Å²) in [6, 6.07) is 11.3. The number of hydrogen-bond donors (Lipinski definition) is 1. The minimum absolute atomic E-state index is 0.0117. The van der Waals surface area contributed by atoms with E-state index >= 15 is 0 Å². The van der Waals surface area contributed by atoms with Crippen LogP contribution in [0, 0.1) is 5.41 Å². The molecule has 1 N–H and O–H groups in total. The number of thioether (sulfide) groups is 1. The normalized spacial score (nSPS) is 20.5. The van der Waals surface area contributed by atoms with Crippen molar-refractivity contribution in [2.45, 2.75) is 0 Å². The second-order valence-corrected chi connectivity index (χ2v) is 8.56. The lowest BCUT2D eigenvalue weighted by Gasteiger charge is -2.26. The molecule has 3 aliphatic rings. The van der Waals surface area contributed by atoms with Crippen LogP contribution in [0.1, 0.15) is 5.76 Å². The minimum Gasteiger partial charge on any atom is -0.457 e. The Morgan fingerprint density at radius 2 is 1.87 bits per heavy atom. The van der Waals surface area contributed by atoms with Crippen LogP contribution in [0.15, 0.2) is 61.0 Å². The number of nitrogens with one attached hydrogen (secondary N) is 1. The van der Waals surface area contributed by atoms with E-state index in [1.54, 1.807) is 12.1 Å². The number of benzene rings is 1. The van der Waals surface area contributed by atoms with Crippen LogP contribution in [0.25, 0.3) is 17.4 Å². The lowest BCUT2D eigenvalue weighted by Crippen LogP contribution is -2.39. The molecule has 152 valence electrons. The molecule has 0 aliphatic carbocycles. The number of aliphatic imine (C=N–C) groups is 1. The van der Waals surface area contributed by atoms with Crippen LogP contribution >= 0.6 is 27.7 Å². The molecule has 1 saturated heterocycles. The molecule has 0 saturated carbocycles. The SMILES string of the molecule is N=C1/C(=C\c2ccc(-c3ccc(Br)cc3)o2)C(=O)N=C2SC(N3CCOCC3)=NN12. The third-order valence-electron chi connectivity index (χ3n) is 4.77. The van der Waals surface area contributed by atoms with Gasteiger partial charge in [-0.3, -0.25) is 10.2 Å². The van der Waals surface area contributed by atoms with E-state index in [-0.39, 0.29) is 11.4 Å². The van der Waals surface area contributed by atoms with Gasteiger partial charge in [-0.25, -0.2) is 0 Å². The summed E-state index contributed by atoms with van der Waals surface area (Å²) in [5, 5.41) is 15.5. The molecule has 10 heteroatoms. The lowest BCUT2D eigenvalue weighted by molar-refractivity contribution is -0.114. The quantitative estimate of drug-likeness (QED) is 0.652. The fourth-order valence-corrected chi connectivity index (χ4v) is 4.42. The van der Waals surface area contributed by atoms with Crippen molar-refractivity contribution in [3.8, 4) is 11.3 Å². The highest BCUT2D eigenvalue weighted by Gasteiger charge is 2.37. The molecule has 0 atom stereocenters. The van der Waals surface area contributed by atoms with Gasteiger partial charge in [-0.15, -0.1) is 5.10 Å². The van der Waals surface area contributed by atoms with E-state index in [2.05, 4.69) is 30.9 Å². The summed E-state index contributed by atoms with van der Waals surface area (Å²) in [4.78, 5) is 18.8. The first-order valence-electron chi connectivity index (χ1n) is 9.27. The zero-order chi connectivity index (χ0) is 20.7. The van der Waals surface area contributed by atoms with Crippen LogP contribution in [-0.2, 0) is 9.53 Å². The van der Waals surface area contributed by atoms with Crippen LogP contribution in [0.2, 0.25) is 0 Å². The molecule has 5 rings (SSSR count). The largest absolute Gasteiger partial charge is 0.457 e. The van der Waals surface area contributed by atoms with Gasteiger partial charge in [-0.2, -0.15) is 10.0 Å². The zero-order valence-electron chi connectivity index (χ0n) is 15.7. The number of hydrazone groups is 1. The Morgan fingerprint density at radius 1 is 1.10 bits per heavy atom. The summed E-state index contributed by atoms with van der Waals surface area (Å²) in [6.07, 6.45) is 1.54. The Kier molecular flexibility index (Phi) is 5.05. The molecular weight excluding hydrogens is 470 g/mol. The van der Waals surface area contributed by atoms with Gasteiger partial charge in [-0.1, -0.05) is 28.1 Å². The molecule has 3 aliphatic heterocycles. The van der Waals surface area contributed by atoms with E-state index in [1.165, 1.54) is 16.8 Å².